The molecule has 0 saturated heterocycles. The zero-order valence-electron chi connectivity index (χ0n) is 13.6. The number of nitro benzene ring substituents is 1. The molecule has 0 unspecified atom stereocenters. The number of carbonyl (C=O) groups is 2. The number of carbonyl (C=O) groups excluding carboxylic acids is 2. The van der Waals surface area contributed by atoms with Gasteiger partial charge in [-0.3, -0.25) is 19.7 Å². The van der Waals surface area contributed by atoms with E-state index in [9.17, 15) is 19.7 Å². The second-order valence-electron chi connectivity index (χ2n) is 5.38. The quantitative estimate of drug-likeness (QED) is 0.458. The van der Waals surface area contributed by atoms with E-state index >= 15 is 0 Å². The number of hydrogen-bond acceptors (Lipinski definition) is 5. The third kappa shape index (κ3) is 4.39. The van der Waals surface area contributed by atoms with Crippen molar-refractivity contribution in [2.45, 2.75) is 0 Å². The molecular weight excluding hydrogens is 418 g/mol. The lowest BCUT2D eigenvalue weighted by Crippen LogP contribution is -2.13. The van der Waals surface area contributed by atoms with Crippen molar-refractivity contribution in [3.05, 3.63) is 86.8 Å². The Hall–Kier alpha value is -3.46. The van der Waals surface area contributed by atoms with Crippen molar-refractivity contribution in [3.63, 3.8) is 0 Å². The lowest BCUT2D eigenvalue weighted by atomic mass is 10.2. The second-order valence-corrected chi connectivity index (χ2v) is 6.24. The number of anilines is 2. The summed E-state index contributed by atoms with van der Waals surface area (Å²) in [4.78, 5) is 34.6. The highest BCUT2D eigenvalue weighted by Gasteiger charge is 2.16. The fraction of sp³-hybridized carbons (Fsp3) is 0. The molecule has 9 heteroatoms. The van der Waals surface area contributed by atoms with Crippen LogP contribution in [0.25, 0.3) is 0 Å². The van der Waals surface area contributed by atoms with Crippen molar-refractivity contribution in [2.75, 3.05) is 10.6 Å². The second kappa shape index (κ2) is 7.83. The Labute approximate surface area is 161 Å². The first-order valence-corrected chi connectivity index (χ1v) is 8.43. The van der Waals surface area contributed by atoms with E-state index in [-0.39, 0.29) is 17.0 Å². The molecule has 2 aromatic carbocycles. The summed E-state index contributed by atoms with van der Waals surface area (Å²) in [5.74, 6) is -0.710. The SMILES string of the molecule is O=C(Nc1ccc(NC(=O)c2cc([N+](=O)[O-])ccc2Br)cc1)c1ccco1. The molecule has 1 heterocycles. The molecule has 0 aliphatic heterocycles. The van der Waals surface area contributed by atoms with Crippen molar-refractivity contribution in [3.8, 4) is 0 Å². The van der Waals surface area contributed by atoms with Crippen molar-refractivity contribution >= 4 is 44.8 Å². The van der Waals surface area contributed by atoms with Crippen molar-refractivity contribution in [1.82, 2.24) is 0 Å². The molecule has 3 aromatic rings. The Bertz CT molecular complexity index is 1000. The predicted molar refractivity (Wildman–Crippen MR) is 102 cm³/mol. The summed E-state index contributed by atoms with van der Waals surface area (Å²) in [7, 11) is 0. The van der Waals surface area contributed by atoms with Gasteiger partial charge in [0.15, 0.2) is 5.76 Å². The molecule has 0 radical (unpaired) electrons. The number of non-ortho nitro benzene ring substituents is 1. The number of nitrogens with one attached hydrogen (secondary N) is 2. The van der Waals surface area contributed by atoms with Gasteiger partial charge < -0.3 is 15.1 Å². The summed E-state index contributed by atoms with van der Waals surface area (Å²) in [5.41, 5.74) is 0.944. The average Bonchev–Trinajstić information content (AvgIpc) is 3.18. The van der Waals surface area contributed by atoms with E-state index in [1.807, 2.05) is 0 Å². The van der Waals surface area contributed by atoms with Crippen LogP contribution < -0.4 is 10.6 Å². The summed E-state index contributed by atoms with van der Waals surface area (Å²) < 4.78 is 5.45. The standard InChI is InChI=1S/C18H12BrN3O5/c19-15-8-7-13(22(25)26)10-14(15)17(23)20-11-3-5-12(6-4-11)21-18(24)16-2-1-9-27-16/h1-10H,(H,20,23)(H,21,24). The van der Waals surface area contributed by atoms with Crippen LogP contribution in [0, 0.1) is 10.1 Å². The first-order chi connectivity index (χ1) is 12.9. The van der Waals surface area contributed by atoms with E-state index in [0.717, 1.165) is 0 Å². The van der Waals surface area contributed by atoms with Gasteiger partial charge in [0.05, 0.1) is 16.7 Å². The maximum atomic E-state index is 12.4. The van der Waals surface area contributed by atoms with Gasteiger partial charge in [-0.15, -0.1) is 0 Å². The lowest BCUT2D eigenvalue weighted by molar-refractivity contribution is -0.384. The van der Waals surface area contributed by atoms with Gasteiger partial charge in [-0.05, 0) is 58.4 Å². The van der Waals surface area contributed by atoms with Crippen LogP contribution in [0.3, 0.4) is 0 Å². The van der Waals surface area contributed by atoms with Crippen molar-refractivity contribution < 1.29 is 18.9 Å². The van der Waals surface area contributed by atoms with Crippen LogP contribution in [0.1, 0.15) is 20.9 Å². The number of amides is 2. The van der Waals surface area contributed by atoms with Gasteiger partial charge in [-0.25, -0.2) is 0 Å². The van der Waals surface area contributed by atoms with E-state index in [4.69, 9.17) is 4.42 Å². The van der Waals surface area contributed by atoms with Gasteiger partial charge in [0.2, 0.25) is 0 Å². The molecule has 0 aliphatic rings. The van der Waals surface area contributed by atoms with Crippen LogP contribution in [0.5, 0.6) is 0 Å². The maximum absolute atomic E-state index is 12.4. The molecule has 0 fully saturated rings. The van der Waals surface area contributed by atoms with Crippen LogP contribution in [-0.2, 0) is 0 Å². The summed E-state index contributed by atoms with van der Waals surface area (Å²) in [5, 5.41) is 16.2. The molecule has 0 aliphatic carbocycles. The molecule has 2 amide bonds. The minimum absolute atomic E-state index is 0.138. The van der Waals surface area contributed by atoms with E-state index in [1.165, 1.54) is 24.5 Å². The summed E-state index contributed by atoms with van der Waals surface area (Å²) in [6.45, 7) is 0. The first-order valence-electron chi connectivity index (χ1n) is 7.64. The fourth-order valence-corrected chi connectivity index (χ4v) is 2.66. The van der Waals surface area contributed by atoms with Gasteiger partial charge >= 0.3 is 0 Å². The van der Waals surface area contributed by atoms with Crippen LogP contribution in [0.2, 0.25) is 0 Å². The van der Waals surface area contributed by atoms with Gasteiger partial charge in [-0.1, -0.05) is 0 Å². The molecule has 0 bridgehead atoms. The van der Waals surface area contributed by atoms with E-state index < -0.39 is 16.7 Å². The molecule has 1 aromatic heterocycles. The molecule has 136 valence electrons. The topological polar surface area (TPSA) is 114 Å². The molecule has 0 spiro atoms. The monoisotopic (exact) mass is 429 g/mol. The summed E-state index contributed by atoms with van der Waals surface area (Å²) in [6.07, 6.45) is 1.40. The zero-order valence-corrected chi connectivity index (χ0v) is 15.2. The van der Waals surface area contributed by atoms with Gasteiger partial charge in [0.25, 0.3) is 17.5 Å². The average molecular weight is 430 g/mol. The molecular formula is C18H12BrN3O5. The largest absolute Gasteiger partial charge is 0.459 e. The zero-order chi connectivity index (χ0) is 19.4. The smallest absolute Gasteiger partial charge is 0.291 e. The van der Waals surface area contributed by atoms with E-state index in [2.05, 4.69) is 26.6 Å². The van der Waals surface area contributed by atoms with Crippen LogP contribution in [0.15, 0.2) is 69.8 Å². The van der Waals surface area contributed by atoms with Crippen LogP contribution in [-0.4, -0.2) is 16.7 Å². The van der Waals surface area contributed by atoms with Gasteiger partial charge in [-0.2, -0.15) is 0 Å². The lowest BCUT2D eigenvalue weighted by Gasteiger charge is -2.08. The molecule has 2 N–H and O–H groups in total. The Morgan fingerprint density at radius 2 is 1.59 bits per heavy atom. The number of benzene rings is 2. The Balaban J connectivity index is 1.69. The number of nitro groups is 1. The third-order valence-corrected chi connectivity index (χ3v) is 4.24. The molecule has 27 heavy (non-hydrogen) atoms. The normalized spacial score (nSPS) is 10.3. The first kappa shape index (κ1) is 18.3. The van der Waals surface area contributed by atoms with Gasteiger partial charge in [0, 0.05) is 28.0 Å². The van der Waals surface area contributed by atoms with Crippen molar-refractivity contribution in [1.29, 1.82) is 0 Å². The molecule has 3 rings (SSSR count). The summed E-state index contributed by atoms with van der Waals surface area (Å²) in [6, 6.07) is 13.5. The van der Waals surface area contributed by atoms with Crippen LogP contribution in [0.4, 0.5) is 17.1 Å². The van der Waals surface area contributed by atoms with E-state index in [1.54, 1.807) is 36.4 Å². The predicted octanol–water partition coefficient (Wildman–Crippen LogP) is 4.45. The Morgan fingerprint density at radius 1 is 0.963 bits per heavy atom. The number of hydrogen-bond donors (Lipinski definition) is 2. The molecule has 0 atom stereocenters. The van der Waals surface area contributed by atoms with Crippen LogP contribution >= 0.6 is 15.9 Å². The summed E-state index contributed by atoms with van der Waals surface area (Å²) >= 11 is 3.21. The Morgan fingerprint density at radius 3 is 2.15 bits per heavy atom. The number of rotatable bonds is 5. The number of halogens is 1. The highest BCUT2D eigenvalue weighted by Crippen LogP contribution is 2.24. The maximum Gasteiger partial charge on any atom is 0.291 e. The number of furan rings is 1. The molecule has 0 saturated carbocycles. The minimum Gasteiger partial charge on any atom is -0.459 e. The molecule has 8 nitrogen and oxygen atoms in total. The van der Waals surface area contributed by atoms with E-state index in [0.29, 0.717) is 15.8 Å². The highest BCUT2D eigenvalue weighted by atomic mass is 79.9. The Kier molecular flexibility index (Phi) is 5.32. The van der Waals surface area contributed by atoms with Gasteiger partial charge in [0.1, 0.15) is 0 Å². The van der Waals surface area contributed by atoms with Crippen molar-refractivity contribution in [2.24, 2.45) is 0 Å². The third-order valence-electron chi connectivity index (χ3n) is 3.55. The highest BCUT2D eigenvalue weighted by molar-refractivity contribution is 9.10. The fourth-order valence-electron chi connectivity index (χ4n) is 2.24. The minimum atomic E-state index is -0.570. The number of nitrogens with zero attached hydrogens (tertiary/aromatic N) is 1.